The molecule has 0 unspecified atom stereocenters. The molecule has 0 saturated carbocycles. The third kappa shape index (κ3) is 2.33. The largest absolute Gasteiger partial charge is 0.497 e. The predicted octanol–water partition coefficient (Wildman–Crippen LogP) is 2.46. The number of rotatable bonds is 3. The number of methoxy groups -OCH3 is 1. The van der Waals surface area contributed by atoms with E-state index in [0.717, 1.165) is 43.0 Å². The van der Waals surface area contributed by atoms with Crippen molar-refractivity contribution in [2.24, 2.45) is 0 Å². The van der Waals surface area contributed by atoms with Crippen molar-refractivity contribution >= 4 is 11.0 Å². The molecule has 112 valence electrons. The third-order valence-corrected chi connectivity index (χ3v) is 4.26. The van der Waals surface area contributed by atoms with Gasteiger partial charge in [-0.15, -0.1) is 5.10 Å². The van der Waals surface area contributed by atoms with Gasteiger partial charge >= 0.3 is 0 Å². The molecular weight excluding hydrogens is 276 g/mol. The van der Waals surface area contributed by atoms with E-state index in [4.69, 9.17) is 4.74 Å². The molecule has 4 rings (SSSR count). The summed E-state index contributed by atoms with van der Waals surface area (Å²) in [5.74, 6) is 0.923. The summed E-state index contributed by atoms with van der Waals surface area (Å²) >= 11 is 0. The molecule has 5 nitrogen and oxygen atoms in total. The first-order valence-electron chi connectivity index (χ1n) is 7.50. The molecule has 0 N–H and O–H groups in total. The molecule has 1 aromatic heterocycles. The van der Waals surface area contributed by atoms with E-state index in [1.165, 1.54) is 11.1 Å². The van der Waals surface area contributed by atoms with Crippen LogP contribution >= 0.6 is 0 Å². The van der Waals surface area contributed by atoms with Crippen LogP contribution in [0.25, 0.3) is 11.0 Å². The molecule has 2 heterocycles. The third-order valence-electron chi connectivity index (χ3n) is 4.26. The summed E-state index contributed by atoms with van der Waals surface area (Å²) in [6.45, 7) is 2.71. The lowest BCUT2D eigenvalue weighted by atomic mass is 10.00. The lowest BCUT2D eigenvalue weighted by Crippen LogP contribution is -2.32. The van der Waals surface area contributed by atoms with Gasteiger partial charge in [0.2, 0.25) is 0 Å². The lowest BCUT2D eigenvalue weighted by molar-refractivity contribution is 0.191. The van der Waals surface area contributed by atoms with Crippen LogP contribution in [0.4, 0.5) is 0 Å². The summed E-state index contributed by atoms with van der Waals surface area (Å²) in [6.07, 6.45) is 1.06. The highest BCUT2D eigenvalue weighted by Gasteiger charge is 2.18. The van der Waals surface area contributed by atoms with Gasteiger partial charge in [-0.25, -0.2) is 4.68 Å². The van der Waals surface area contributed by atoms with Gasteiger partial charge in [0, 0.05) is 13.1 Å². The maximum Gasteiger partial charge on any atom is 0.119 e. The van der Waals surface area contributed by atoms with Crippen molar-refractivity contribution in [2.45, 2.75) is 19.6 Å². The quantitative estimate of drug-likeness (QED) is 0.744. The van der Waals surface area contributed by atoms with E-state index in [2.05, 4.69) is 33.4 Å². The fourth-order valence-corrected chi connectivity index (χ4v) is 3.05. The Balaban J connectivity index is 1.57. The number of hydrogen-bond donors (Lipinski definition) is 0. The van der Waals surface area contributed by atoms with Crippen LogP contribution in [0.15, 0.2) is 42.5 Å². The average Bonchev–Trinajstić information content (AvgIpc) is 2.97. The van der Waals surface area contributed by atoms with Gasteiger partial charge in [-0.05, 0) is 41.8 Å². The van der Waals surface area contributed by atoms with Crippen molar-refractivity contribution in [3.05, 3.63) is 53.6 Å². The standard InChI is InChI=1S/C17H18N4O/c1-22-15-7-6-13-8-9-20(11-14(13)10-15)12-21-17-5-3-2-4-16(17)18-19-21/h2-7,10H,8-9,11-12H2,1H3. The number of ether oxygens (including phenoxy) is 1. The Morgan fingerprint density at radius 3 is 2.95 bits per heavy atom. The summed E-state index contributed by atoms with van der Waals surface area (Å²) in [5, 5.41) is 8.50. The Morgan fingerprint density at radius 2 is 2.05 bits per heavy atom. The number of nitrogens with zero attached hydrogens (tertiary/aromatic N) is 4. The summed E-state index contributed by atoms with van der Waals surface area (Å²) in [5.41, 5.74) is 4.79. The van der Waals surface area contributed by atoms with Crippen molar-refractivity contribution in [3.8, 4) is 5.75 Å². The smallest absolute Gasteiger partial charge is 0.119 e. The van der Waals surface area contributed by atoms with Crippen LogP contribution in [0.5, 0.6) is 5.75 Å². The van der Waals surface area contributed by atoms with Gasteiger partial charge < -0.3 is 4.74 Å². The number of benzene rings is 2. The van der Waals surface area contributed by atoms with Crippen molar-refractivity contribution in [3.63, 3.8) is 0 Å². The van der Waals surface area contributed by atoms with Gasteiger partial charge in [0.1, 0.15) is 11.3 Å². The van der Waals surface area contributed by atoms with E-state index in [1.807, 2.05) is 28.9 Å². The SMILES string of the molecule is COc1ccc2c(c1)CN(Cn1nnc3ccccc31)CC2. The zero-order valence-corrected chi connectivity index (χ0v) is 12.6. The minimum absolute atomic E-state index is 0.761. The molecule has 1 aliphatic rings. The van der Waals surface area contributed by atoms with E-state index in [-0.39, 0.29) is 0 Å². The first-order chi connectivity index (χ1) is 10.8. The molecule has 0 fully saturated rings. The van der Waals surface area contributed by atoms with Crippen LogP contribution in [0.2, 0.25) is 0 Å². The van der Waals surface area contributed by atoms with Gasteiger partial charge in [0.15, 0.2) is 0 Å². The average molecular weight is 294 g/mol. The van der Waals surface area contributed by atoms with Crippen LogP contribution in [0.1, 0.15) is 11.1 Å². The molecular formula is C17H18N4O. The first kappa shape index (κ1) is 13.3. The van der Waals surface area contributed by atoms with Crippen LogP contribution in [0.3, 0.4) is 0 Å². The van der Waals surface area contributed by atoms with Crippen molar-refractivity contribution in [1.29, 1.82) is 0 Å². The molecule has 0 amide bonds. The van der Waals surface area contributed by atoms with Crippen LogP contribution in [0, 0.1) is 0 Å². The molecule has 22 heavy (non-hydrogen) atoms. The van der Waals surface area contributed by atoms with E-state index in [1.54, 1.807) is 7.11 Å². The van der Waals surface area contributed by atoms with E-state index in [9.17, 15) is 0 Å². The Bertz CT molecular complexity index is 811. The van der Waals surface area contributed by atoms with Crippen molar-refractivity contribution in [1.82, 2.24) is 19.9 Å². The highest BCUT2D eigenvalue weighted by molar-refractivity contribution is 5.73. The molecule has 0 aliphatic carbocycles. The Kier molecular flexibility index (Phi) is 3.27. The number of aromatic nitrogens is 3. The van der Waals surface area contributed by atoms with Crippen molar-refractivity contribution < 1.29 is 4.74 Å². The molecule has 0 saturated heterocycles. The number of hydrogen-bond acceptors (Lipinski definition) is 4. The predicted molar refractivity (Wildman–Crippen MR) is 84.6 cm³/mol. The van der Waals surface area contributed by atoms with E-state index < -0.39 is 0 Å². The highest BCUT2D eigenvalue weighted by atomic mass is 16.5. The Hall–Kier alpha value is -2.40. The maximum absolute atomic E-state index is 5.33. The van der Waals surface area contributed by atoms with Gasteiger partial charge in [-0.1, -0.05) is 23.4 Å². The van der Waals surface area contributed by atoms with E-state index >= 15 is 0 Å². The monoisotopic (exact) mass is 294 g/mol. The maximum atomic E-state index is 5.33. The molecule has 0 spiro atoms. The lowest BCUT2D eigenvalue weighted by Gasteiger charge is -2.28. The molecule has 0 bridgehead atoms. The molecule has 5 heteroatoms. The summed E-state index contributed by atoms with van der Waals surface area (Å²) < 4.78 is 7.31. The fraction of sp³-hybridized carbons (Fsp3) is 0.294. The van der Waals surface area contributed by atoms with Gasteiger partial charge in [0.05, 0.1) is 19.3 Å². The topological polar surface area (TPSA) is 43.2 Å². The van der Waals surface area contributed by atoms with Crippen molar-refractivity contribution in [2.75, 3.05) is 13.7 Å². The van der Waals surface area contributed by atoms with Gasteiger partial charge in [-0.3, -0.25) is 4.90 Å². The molecule has 2 aromatic carbocycles. The summed E-state index contributed by atoms with van der Waals surface area (Å²) in [6, 6.07) is 14.4. The summed E-state index contributed by atoms with van der Waals surface area (Å²) in [4.78, 5) is 2.39. The first-order valence-corrected chi connectivity index (χ1v) is 7.50. The second-order valence-corrected chi connectivity index (χ2v) is 5.66. The number of fused-ring (bicyclic) bond motifs is 2. The molecule has 0 radical (unpaired) electrons. The molecule has 0 atom stereocenters. The molecule has 1 aliphatic heterocycles. The van der Waals surface area contributed by atoms with Crippen LogP contribution < -0.4 is 4.74 Å². The minimum Gasteiger partial charge on any atom is -0.497 e. The molecule has 3 aromatic rings. The Morgan fingerprint density at radius 1 is 1.14 bits per heavy atom. The normalized spacial score (nSPS) is 15.0. The summed E-state index contributed by atoms with van der Waals surface area (Å²) in [7, 11) is 1.71. The second-order valence-electron chi connectivity index (χ2n) is 5.66. The zero-order chi connectivity index (χ0) is 14.9. The number of para-hydroxylation sites is 1. The van der Waals surface area contributed by atoms with Crippen LogP contribution in [-0.4, -0.2) is 33.5 Å². The Labute approximate surface area is 129 Å². The van der Waals surface area contributed by atoms with E-state index in [0.29, 0.717) is 0 Å². The van der Waals surface area contributed by atoms with Gasteiger partial charge in [-0.2, -0.15) is 0 Å². The second kappa shape index (κ2) is 5.42. The zero-order valence-electron chi connectivity index (χ0n) is 12.6. The fourth-order valence-electron chi connectivity index (χ4n) is 3.05. The highest BCUT2D eigenvalue weighted by Crippen LogP contribution is 2.24. The van der Waals surface area contributed by atoms with Crippen LogP contribution in [-0.2, 0) is 19.6 Å². The minimum atomic E-state index is 0.761. The van der Waals surface area contributed by atoms with Gasteiger partial charge in [0.25, 0.3) is 0 Å².